The van der Waals surface area contributed by atoms with Crippen molar-refractivity contribution in [1.82, 2.24) is 9.97 Å². The molecule has 17 heavy (non-hydrogen) atoms. The number of rotatable bonds is 3. The Bertz CT molecular complexity index is 531. The van der Waals surface area contributed by atoms with Gasteiger partial charge in [0.05, 0.1) is 29.2 Å². The van der Waals surface area contributed by atoms with Gasteiger partial charge in [-0.2, -0.15) is 5.26 Å². The molecule has 0 amide bonds. The maximum atomic E-state index is 8.97. The third-order valence-corrected chi connectivity index (χ3v) is 2.44. The number of pyridine rings is 2. The third-order valence-electron chi connectivity index (χ3n) is 2.44. The fourth-order valence-electron chi connectivity index (χ4n) is 1.55. The van der Waals surface area contributed by atoms with E-state index in [1.807, 2.05) is 25.1 Å². The Balaban J connectivity index is 2.19. The van der Waals surface area contributed by atoms with Crippen LogP contribution >= 0.6 is 0 Å². The minimum Gasteiger partial charge on any atom is -0.375 e. The summed E-state index contributed by atoms with van der Waals surface area (Å²) >= 11 is 0. The van der Waals surface area contributed by atoms with E-state index < -0.39 is 0 Å². The van der Waals surface area contributed by atoms with Crippen LogP contribution in [-0.2, 0) is 0 Å². The summed E-state index contributed by atoms with van der Waals surface area (Å²) in [7, 11) is 0. The zero-order valence-electron chi connectivity index (χ0n) is 9.46. The normalized spacial score (nSPS) is 11.5. The quantitative estimate of drug-likeness (QED) is 0.870. The first kappa shape index (κ1) is 11.1. The van der Waals surface area contributed by atoms with Crippen LogP contribution in [0.2, 0.25) is 0 Å². The Morgan fingerprint density at radius 2 is 2.18 bits per heavy atom. The number of aromatic nitrogens is 2. The fraction of sp³-hybridized carbons (Fsp3) is 0.154. The maximum Gasteiger partial charge on any atom is 0.101 e. The van der Waals surface area contributed by atoms with E-state index in [1.165, 1.54) is 0 Å². The van der Waals surface area contributed by atoms with E-state index in [-0.39, 0.29) is 6.04 Å². The Morgan fingerprint density at radius 3 is 2.88 bits per heavy atom. The van der Waals surface area contributed by atoms with Crippen LogP contribution in [0.4, 0.5) is 5.69 Å². The van der Waals surface area contributed by atoms with Crippen LogP contribution in [0.3, 0.4) is 0 Å². The second-order valence-electron chi connectivity index (χ2n) is 3.65. The number of anilines is 1. The zero-order valence-corrected chi connectivity index (χ0v) is 9.46. The molecule has 2 rings (SSSR count). The molecule has 0 aliphatic rings. The van der Waals surface area contributed by atoms with Gasteiger partial charge < -0.3 is 5.32 Å². The summed E-state index contributed by atoms with van der Waals surface area (Å²) in [5.41, 5.74) is 2.25. The van der Waals surface area contributed by atoms with Crippen molar-refractivity contribution in [3.05, 3.63) is 54.1 Å². The van der Waals surface area contributed by atoms with Gasteiger partial charge >= 0.3 is 0 Å². The molecule has 2 aromatic rings. The second-order valence-corrected chi connectivity index (χ2v) is 3.65. The Morgan fingerprint density at radius 1 is 1.29 bits per heavy atom. The van der Waals surface area contributed by atoms with Gasteiger partial charge in [0, 0.05) is 12.4 Å². The lowest BCUT2D eigenvalue weighted by Gasteiger charge is -2.14. The SMILES string of the molecule is CC(Nc1cnccc1C#N)c1ccccn1. The monoisotopic (exact) mass is 224 g/mol. The lowest BCUT2D eigenvalue weighted by Crippen LogP contribution is -2.09. The second kappa shape index (κ2) is 5.08. The summed E-state index contributed by atoms with van der Waals surface area (Å²) in [5.74, 6) is 0. The van der Waals surface area contributed by atoms with Gasteiger partial charge in [-0.25, -0.2) is 0 Å². The highest BCUT2D eigenvalue weighted by Crippen LogP contribution is 2.19. The first-order chi connectivity index (χ1) is 8.31. The molecule has 4 nitrogen and oxygen atoms in total. The van der Waals surface area contributed by atoms with E-state index in [9.17, 15) is 0 Å². The van der Waals surface area contributed by atoms with E-state index in [0.29, 0.717) is 5.56 Å². The molecular weight excluding hydrogens is 212 g/mol. The van der Waals surface area contributed by atoms with E-state index in [0.717, 1.165) is 11.4 Å². The average Bonchev–Trinajstić information content (AvgIpc) is 2.40. The minimum atomic E-state index is 0.0347. The maximum absolute atomic E-state index is 8.97. The van der Waals surface area contributed by atoms with Gasteiger partial charge in [-0.15, -0.1) is 0 Å². The van der Waals surface area contributed by atoms with Gasteiger partial charge in [-0.1, -0.05) is 6.07 Å². The summed E-state index contributed by atoms with van der Waals surface area (Å²) < 4.78 is 0. The van der Waals surface area contributed by atoms with Crippen molar-refractivity contribution < 1.29 is 0 Å². The van der Waals surface area contributed by atoms with Gasteiger partial charge in [0.25, 0.3) is 0 Å². The summed E-state index contributed by atoms with van der Waals surface area (Å²) in [6, 6.07) is 9.61. The highest BCUT2D eigenvalue weighted by molar-refractivity contribution is 5.56. The number of nitrogens with one attached hydrogen (secondary N) is 1. The van der Waals surface area contributed by atoms with Crippen molar-refractivity contribution in [2.75, 3.05) is 5.32 Å². The zero-order chi connectivity index (χ0) is 12.1. The largest absolute Gasteiger partial charge is 0.375 e. The number of nitrogens with zero attached hydrogens (tertiary/aromatic N) is 3. The first-order valence-corrected chi connectivity index (χ1v) is 5.33. The van der Waals surface area contributed by atoms with Gasteiger partial charge in [0.15, 0.2) is 0 Å². The lowest BCUT2D eigenvalue weighted by atomic mass is 10.2. The highest BCUT2D eigenvalue weighted by Gasteiger charge is 2.08. The van der Waals surface area contributed by atoms with Gasteiger partial charge in [-0.05, 0) is 25.1 Å². The van der Waals surface area contributed by atoms with Gasteiger partial charge in [-0.3, -0.25) is 9.97 Å². The van der Waals surface area contributed by atoms with E-state index in [2.05, 4.69) is 21.4 Å². The molecule has 1 atom stereocenters. The van der Waals surface area contributed by atoms with Crippen molar-refractivity contribution in [2.24, 2.45) is 0 Å². The van der Waals surface area contributed by atoms with Crippen LogP contribution in [0.15, 0.2) is 42.9 Å². The van der Waals surface area contributed by atoms with E-state index in [4.69, 9.17) is 5.26 Å². The van der Waals surface area contributed by atoms with Crippen molar-refractivity contribution in [3.8, 4) is 6.07 Å². The molecule has 0 aliphatic heterocycles. The van der Waals surface area contributed by atoms with Crippen LogP contribution in [-0.4, -0.2) is 9.97 Å². The summed E-state index contributed by atoms with van der Waals surface area (Å²) in [4.78, 5) is 8.27. The van der Waals surface area contributed by atoms with Crippen molar-refractivity contribution >= 4 is 5.69 Å². The van der Waals surface area contributed by atoms with Crippen LogP contribution < -0.4 is 5.32 Å². The molecular formula is C13H12N4. The molecule has 0 aromatic carbocycles. The Hall–Kier alpha value is -2.41. The van der Waals surface area contributed by atoms with Crippen molar-refractivity contribution in [2.45, 2.75) is 13.0 Å². The van der Waals surface area contributed by atoms with Gasteiger partial charge in [0.1, 0.15) is 6.07 Å². The topological polar surface area (TPSA) is 61.6 Å². The number of hydrogen-bond acceptors (Lipinski definition) is 4. The summed E-state index contributed by atoms with van der Waals surface area (Å²) in [6.07, 6.45) is 5.01. The fourth-order valence-corrected chi connectivity index (χ4v) is 1.55. The van der Waals surface area contributed by atoms with Crippen LogP contribution in [0.25, 0.3) is 0 Å². The van der Waals surface area contributed by atoms with E-state index in [1.54, 1.807) is 24.7 Å². The molecule has 0 fully saturated rings. The lowest BCUT2D eigenvalue weighted by molar-refractivity contribution is 0.837. The van der Waals surface area contributed by atoms with Crippen LogP contribution in [0, 0.1) is 11.3 Å². The minimum absolute atomic E-state index is 0.0347. The van der Waals surface area contributed by atoms with Crippen LogP contribution in [0.1, 0.15) is 24.2 Å². The first-order valence-electron chi connectivity index (χ1n) is 5.33. The van der Waals surface area contributed by atoms with Crippen molar-refractivity contribution in [3.63, 3.8) is 0 Å². The Kier molecular flexibility index (Phi) is 3.31. The molecule has 4 heteroatoms. The molecule has 0 saturated carbocycles. The molecule has 0 bridgehead atoms. The molecule has 1 N–H and O–H groups in total. The molecule has 0 radical (unpaired) electrons. The van der Waals surface area contributed by atoms with Crippen molar-refractivity contribution in [1.29, 1.82) is 5.26 Å². The summed E-state index contributed by atoms with van der Waals surface area (Å²) in [6.45, 7) is 2.00. The molecule has 0 spiro atoms. The number of nitriles is 1. The molecule has 0 aliphatic carbocycles. The third kappa shape index (κ3) is 2.58. The predicted octanol–water partition coefficient (Wildman–Crippen LogP) is 2.52. The molecule has 2 heterocycles. The highest BCUT2D eigenvalue weighted by atomic mass is 14.9. The molecule has 84 valence electrons. The predicted molar refractivity (Wildman–Crippen MR) is 65.2 cm³/mol. The average molecular weight is 224 g/mol. The number of hydrogen-bond donors (Lipinski definition) is 1. The summed E-state index contributed by atoms with van der Waals surface area (Å²) in [5, 5.41) is 12.2. The molecule has 1 unspecified atom stereocenters. The smallest absolute Gasteiger partial charge is 0.101 e. The van der Waals surface area contributed by atoms with E-state index >= 15 is 0 Å². The van der Waals surface area contributed by atoms with Gasteiger partial charge in [0.2, 0.25) is 0 Å². The van der Waals surface area contributed by atoms with Crippen LogP contribution in [0.5, 0.6) is 0 Å². The molecule has 0 saturated heterocycles. The Labute approximate surface area is 100.0 Å². The molecule has 2 aromatic heterocycles. The standard InChI is InChI=1S/C13H12N4/c1-10(12-4-2-3-6-16-12)17-13-9-15-7-5-11(13)8-14/h2-7,9-10,17H,1H3.